The Balaban J connectivity index is 1.96. The van der Waals surface area contributed by atoms with E-state index in [2.05, 4.69) is 10.6 Å². The molecule has 0 unspecified atom stereocenters. The molecule has 2 amide bonds. The minimum Gasteiger partial charge on any atom is -0.326 e. The number of benzene rings is 2. The molecule has 0 heterocycles. The van der Waals surface area contributed by atoms with Gasteiger partial charge in [0.25, 0.3) is 0 Å². The van der Waals surface area contributed by atoms with E-state index in [4.69, 9.17) is 23.2 Å². The highest BCUT2D eigenvalue weighted by Gasteiger charge is 2.06. The van der Waals surface area contributed by atoms with Crippen LogP contribution >= 0.6 is 23.2 Å². The Morgan fingerprint density at radius 2 is 1.50 bits per heavy atom. The van der Waals surface area contributed by atoms with Crippen LogP contribution in [-0.2, 0) is 16.0 Å². The van der Waals surface area contributed by atoms with Gasteiger partial charge in [0.15, 0.2) is 0 Å². The summed E-state index contributed by atoms with van der Waals surface area (Å²) in [5.74, 6) is -0.304. The molecule has 0 fully saturated rings. The second-order valence-electron chi connectivity index (χ2n) is 4.73. The molecule has 6 heteroatoms. The molecular weight excluding hydrogens is 323 g/mol. The third-order valence-corrected chi connectivity index (χ3v) is 3.58. The second-order valence-corrected chi connectivity index (χ2v) is 5.55. The van der Waals surface area contributed by atoms with Crippen LogP contribution in [0.2, 0.25) is 10.0 Å². The van der Waals surface area contributed by atoms with E-state index in [0.717, 1.165) is 5.56 Å². The number of rotatable bonds is 4. The first-order chi connectivity index (χ1) is 10.4. The molecule has 114 valence electrons. The van der Waals surface area contributed by atoms with Gasteiger partial charge in [-0.2, -0.15) is 0 Å². The van der Waals surface area contributed by atoms with Crippen LogP contribution in [0, 0.1) is 0 Å². The lowest BCUT2D eigenvalue weighted by atomic mass is 10.1. The van der Waals surface area contributed by atoms with E-state index < -0.39 is 0 Å². The summed E-state index contributed by atoms with van der Waals surface area (Å²) in [6.45, 7) is 1.44. The van der Waals surface area contributed by atoms with Gasteiger partial charge in [-0.1, -0.05) is 29.3 Å². The van der Waals surface area contributed by atoms with E-state index in [9.17, 15) is 9.59 Å². The summed E-state index contributed by atoms with van der Waals surface area (Å²) in [6, 6.07) is 12.0. The zero-order chi connectivity index (χ0) is 16.1. The molecule has 2 rings (SSSR count). The molecule has 0 saturated carbocycles. The number of amides is 2. The zero-order valence-corrected chi connectivity index (χ0v) is 13.3. The molecule has 2 aromatic carbocycles. The maximum atomic E-state index is 12.0. The first kappa shape index (κ1) is 16.3. The summed E-state index contributed by atoms with van der Waals surface area (Å²) in [6.07, 6.45) is 0.199. The van der Waals surface area contributed by atoms with Gasteiger partial charge in [0.2, 0.25) is 11.8 Å². The number of carbonyl (C=O) groups is 2. The van der Waals surface area contributed by atoms with Crippen LogP contribution < -0.4 is 10.6 Å². The van der Waals surface area contributed by atoms with Gasteiger partial charge in [-0.05, 0) is 42.0 Å². The predicted molar refractivity (Wildman–Crippen MR) is 89.5 cm³/mol. The summed E-state index contributed by atoms with van der Waals surface area (Å²) in [7, 11) is 0. The summed E-state index contributed by atoms with van der Waals surface area (Å²) in [5.41, 5.74) is 2.11. The smallest absolute Gasteiger partial charge is 0.228 e. The first-order valence-electron chi connectivity index (χ1n) is 6.55. The van der Waals surface area contributed by atoms with Gasteiger partial charge in [0.1, 0.15) is 0 Å². The SMILES string of the molecule is CC(=O)Nc1ccc(NC(=O)Cc2ccc(Cl)c(Cl)c2)cc1. The van der Waals surface area contributed by atoms with E-state index in [1.165, 1.54) is 6.92 Å². The van der Waals surface area contributed by atoms with Crippen LogP contribution in [0.3, 0.4) is 0 Å². The van der Waals surface area contributed by atoms with Crippen LogP contribution in [-0.4, -0.2) is 11.8 Å². The van der Waals surface area contributed by atoms with E-state index in [0.29, 0.717) is 21.4 Å². The second kappa shape index (κ2) is 7.29. The standard InChI is InChI=1S/C16H14Cl2N2O2/c1-10(21)19-12-3-5-13(6-4-12)20-16(22)9-11-2-7-14(17)15(18)8-11/h2-8H,9H2,1H3,(H,19,21)(H,20,22). The van der Waals surface area contributed by atoms with Crippen molar-refractivity contribution in [2.45, 2.75) is 13.3 Å². The van der Waals surface area contributed by atoms with Gasteiger partial charge in [-0.3, -0.25) is 9.59 Å². The Hall–Kier alpha value is -2.04. The summed E-state index contributed by atoms with van der Waals surface area (Å²) >= 11 is 11.8. The Labute approximate surface area is 138 Å². The summed E-state index contributed by atoms with van der Waals surface area (Å²) < 4.78 is 0. The van der Waals surface area contributed by atoms with E-state index >= 15 is 0 Å². The van der Waals surface area contributed by atoms with Crippen molar-refractivity contribution in [2.75, 3.05) is 10.6 Å². The topological polar surface area (TPSA) is 58.2 Å². The average molecular weight is 337 g/mol. The average Bonchev–Trinajstić information content (AvgIpc) is 2.44. The van der Waals surface area contributed by atoms with Crippen molar-refractivity contribution in [2.24, 2.45) is 0 Å². The molecule has 0 aliphatic rings. The van der Waals surface area contributed by atoms with Crippen molar-refractivity contribution < 1.29 is 9.59 Å². The maximum Gasteiger partial charge on any atom is 0.228 e. The van der Waals surface area contributed by atoms with Crippen molar-refractivity contribution in [1.82, 2.24) is 0 Å². The van der Waals surface area contributed by atoms with Gasteiger partial charge < -0.3 is 10.6 Å². The minimum atomic E-state index is -0.161. The Bertz CT molecular complexity index is 700. The Kier molecular flexibility index (Phi) is 5.41. The molecule has 2 N–H and O–H groups in total. The third kappa shape index (κ3) is 4.76. The molecule has 0 atom stereocenters. The molecule has 4 nitrogen and oxygen atoms in total. The van der Waals surface area contributed by atoms with Crippen LogP contribution in [0.1, 0.15) is 12.5 Å². The zero-order valence-electron chi connectivity index (χ0n) is 11.8. The van der Waals surface area contributed by atoms with Gasteiger partial charge in [0, 0.05) is 18.3 Å². The van der Waals surface area contributed by atoms with Gasteiger partial charge >= 0.3 is 0 Å². The minimum absolute atomic E-state index is 0.142. The lowest BCUT2D eigenvalue weighted by Crippen LogP contribution is -2.14. The highest BCUT2D eigenvalue weighted by atomic mass is 35.5. The largest absolute Gasteiger partial charge is 0.326 e. The molecule has 0 spiro atoms. The number of halogens is 2. The monoisotopic (exact) mass is 336 g/mol. The Morgan fingerprint density at radius 3 is 2.05 bits per heavy atom. The summed E-state index contributed by atoms with van der Waals surface area (Å²) in [4.78, 5) is 22.9. The number of anilines is 2. The van der Waals surface area contributed by atoms with Crippen LogP contribution in [0.4, 0.5) is 11.4 Å². The van der Waals surface area contributed by atoms with Crippen molar-refractivity contribution >= 4 is 46.4 Å². The number of hydrogen-bond donors (Lipinski definition) is 2. The fourth-order valence-corrected chi connectivity index (χ4v) is 2.20. The molecule has 0 saturated heterocycles. The van der Waals surface area contributed by atoms with Crippen LogP contribution in [0.25, 0.3) is 0 Å². The number of carbonyl (C=O) groups excluding carboxylic acids is 2. The van der Waals surface area contributed by atoms with Crippen LogP contribution in [0.5, 0.6) is 0 Å². The highest BCUT2D eigenvalue weighted by Crippen LogP contribution is 2.23. The summed E-state index contributed by atoms with van der Waals surface area (Å²) in [5, 5.41) is 6.32. The van der Waals surface area contributed by atoms with Gasteiger partial charge in [0.05, 0.1) is 16.5 Å². The van der Waals surface area contributed by atoms with Gasteiger partial charge in [-0.25, -0.2) is 0 Å². The number of hydrogen-bond acceptors (Lipinski definition) is 2. The fraction of sp³-hybridized carbons (Fsp3) is 0.125. The first-order valence-corrected chi connectivity index (χ1v) is 7.31. The lowest BCUT2D eigenvalue weighted by molar-refractivity contribution is -0.116. The maximum absolute atomic E-state index is 12.0. The van der Waals surface area contributed by atoms with Gasteiger partial charge in [-0.15, -0.1) is 0 Å². The van der Waals surface area contributed by atoms with Crippen molar-refractivity contribution in [1.29, 1.82) is 0 Å². The number of nitrogens with one attached hydrogen (secondary N) is 2. The van der Waals surface area contributed by atoms with E-state index in [1.54, 1.807) is 42.5 Å². The normalized spacial score (nSPS) is 10.1. The predicted octanol–water partition coefficient (Wildman–Crippen LogP) is 4.13. The lowest BCUT2D eigenvalue weighted by Gasteiger charge is -2.07. The molecule has 0 aliphatic heterocycles. The van der Waals surface area contributed by atoms with Crippen molar-refractivity contribution in [3.8, 4) is 0 Å². The Morgan fingerprint density at radius 1 is 0.909 bits per heavy atom. The van der Waals surface area contributed by atoms with Crippen LogP contribution in [0.15, 0.2) is 42.5 Å². The quantitative estimate of drug-likeness (QED) is 0.881. The highest BCUT2D eigenvalue weighted by molar-refractivity contribution is 6.42. The third-order valence-electron chi connectivity index (χ3n) is 2.84. The van der Waals surface area contributed by atoms with E-state index in [-0.39, 0.29) is 18.2 Å². The fourth-order valence-electron chi connectivity index (χ4n) is 1.88. The molecule has 22 heavy (non-hydrogen) atoms. The molecule has 0 radical (unpaired) electrons. The van der Waals surface area contributed by atoms with Crippen molar-refractivity contribution in [3.05, 3.63) is 58.1 Å². The molecule has 0 aromatic heterocycles. The molecule has 0 aliphatic carbocycles. The van der Waals surface area contributed by atoms with Crippen molar-refractivity contribution in [3.63, 3.8) is 0 Å². The molecule has 0 bridgehead atoms. The molecule has 2 aromatic rings. The molecular formula is C16H14Cl2N2O2. The van der Waals surface area contributed by atoms with E-state index in [1.807, 2.05) is 0 Å².